The zero-order chi connectivity index (χ0) is 12.4. The molecule has 0 radical (unpaired) electrons. The van der Waals surface area contributed by atoms with Crippen molar-refractivity contribution in [3.05, 3.63) is 33.8 Å². The number of amidine groups is 1. The first kappa shape index (κ1) is 12.6. The molecule has 2 unspecified atom stereocenters. The summed E-state index contributed by atoms with van der Waals surface area (Å²) in [5.41, 5.74) is 6.55. The summed E-state index contributed by atoms with van der Waals surface area (Å²) in [7, 11) is 0. The Kier molecular flexibility index (Phi) is 3.89. The highest BCUT2D eigenvalue weighted by molar-refractivity contribution is 6.42. The molecule has 2 atom stereocenters. The van der Waals surface area contributed by atoms with Crippen molar-refractivity contribution in [1.82, 2.24) is 5.32 Å². The number of nitrogens with one attached hydrogen (secondary N) is 1. The largest absolute Gasteiger partial charge is 0.386 e. The minimum absolute atomic E-state index is 0.400. The lowest BCUT2D eigenvalue weighted by Gasteiger charge is -2.19. The lowest BCUT2D eigenvalue weighted by molar-refractivity contribution is 0.168. The van der Waals surface area contributed by atoms with Gasteiger partial charge in [0.05, 0.1) is 22.6 Å². The summed E-state index contributed by atoms with van der Waals surface area (Å²) in [6, 6.07) is 4.38. The summed E-state index contributed by atoms with van der Waals surface area (Å²) in [6.07, 6.45) is -0.853. The highest BCUT2D eigenvalue weighted by Gasteiger charge is 2.24. The van der Waals surface area contributed by atoms with Gasteiger partial charge in [-0.2, -0.15) is 0 Å². The van der Waals surface area contributed by atoms with E-state index in [1.807, 2.05) is 0 Å². The number of halogens is 2. The van der Waals surface area contributed by atoms with E-state index in [1.165, 1.54) is 0 Å². The van der Waals surface area contributed by atoms with Gasteiger partial charge in [0, 0.05) is 6.54 Å². The Hall–Kier alpha value is -0.810. The third-order valence-corrected chi connectivity index (χ3v) is 3.38. The van der Waals surface area contributed by atoms with Crippen molar-refractivity contribution in [1.29, 1.82) is 0 Å². The summed E-state index contributed by atoms with van der Waals surface area (Å²) in [5, 5.41) is 14.0. The smallest absolute Gasteiger partial charge is 0.116 e. The van der Waals surface area contributed by atoms with Gasteiger partial charge >= 0.3 is 0 Å². The minimum Gasteiger partial charge on any atom is -0.386 e. The van der Waals surface area contributed by atoms with Crippen LogP contribution in [0.25, 0.3) is 0 Å². The summed E-state index contributed by atoms with van der Waals surface area (Å²) in [5.74, 6) is 0.628. The number of hydrogen-bond donors (Lipinski definition) is 3. The predicted octanol–water partition coefficient (Wildman–Crippen LogP) is 1.36. The van der Waals surface area contributed by atoms with E-state index in [0.717, 1.165) is 6.54 Å². The molecule has 0 aromatic heterocycles. The minimum atomic E-state index is -0.853. The third kappa shape index (κ3) is 2.72. The maximum atomic E-state index is 10.1. The molecule has 1 aromatic carbocycles. The van der Waals surface area contributed by atoms with Gasteiger partial charge in [-0.25, -0.2) is 0 Å². The second-order valence-electron chi connectivity index (χ2n) is 3.84. The highest BCUT2D eigenvalue weighted by Crippen LogP contribution is 2.26. The highest BCUT2D eigenvalue weighted by atomic mass is 35.5. The first-order valence-electron chi connectivity index (χ1n) is 5.26. The number of nitrogens with two attached hydrogens (primary N) is 1. The van der Waals surface area contributed by atoms with Gasteiger partial charge in [0.15, 0.2) is 0 Å². The van der Waals surface area contributed by atoms with Crippen molar-refractivity contribution >= 4 is 29.0 Å². The van der Waals surface area contributed by atoms with E-state index in [9.17, 15) is 5.11 Å². The first-order chi connectivity index (χ1) is 8.09. The third-order valence-electron chi connectivity index (χ3n) is 2.64. The molecule has 0 bridgehead atoms. The summed E-state index contributed by atoms with van der Waals surface area (Å²) >= 11 is 11.7. The fourth-order valence-electron chi connectivity index (χ4n) is 1.69. The van der Waals surface area contributed by atoms with E-state index in [4.69, 9.17) is 28.9 Å². The van der Waals surface area contributed by atoms with Crippen LogP contribution in [0.3, 0.4) is 0 Å². The Morgan fingerprint density at radius 3 is 2.71 bits per heavy atom. The molecule has 0 saturated heterocycles. The molecule has 1 heterocycles. The number of rotatable bonds is 3. The van der Waals surface area contributed by atoms with Gasteiger partial charge < -0.3 is 16.2 Å². The number of aliphatic hydroxyl groups is 1. The van der Waals surface area contributed by atoms with Gasteiger partial charge in [0.25, 0.3) is 0 Å². The van der Waals surface area contributed by atoms with Crippen LogP contribution in [0.5, 0.6) is 0 Å². The fraction of sp³-hybridized carbons (Fsp3) is 0.364. The standard InChI is InChI=1S/C11H13Cl2N3O/c12-7-2-1-6(5-8(7)13)10(17)9(14)11-15-3-4-16-11/h1-2,5,9-10,17H,3-4,14H2,(H,15,16). The molecule has 1 aromatic rings. The van der Waals surface area contributed by atoms with E-state index >= 15 is 0 Å². The topological polar surface area (TPSA) is 70.6 Å². The van der Waals surface area contributed by atoms with Gasteiger partial charge in [-0.05, 0) is 17.7 Å². The van der Waals surface area contributed by atoms with Crippen molar-refractivity contribution in [3.8, 4) is 0 Å². The molecule has 6 heteroatoms. The number of aliphatic hydroxyl groups excluding tert-OH is 1. The summed E-state index contributed by atoms with van der Waals surface area (Å²) < 4.78 is 0. The average Bonchev–Trinajstić information content (AvgIpc) is 2.84. The molecule has 92 valence electrons. The number of nitrogens with zero attached hydrogens (tertiary/aromatic N) is 1. The molecule has 0 fully saturated rings. The first-order valence-corrected chi connectivity index (χ1v) is 6.02. The van der Waals surface area contributed by atoms with Crippen molar-refractivity contribution in [2.45, 2.75) is 12.1 Å². The van der Waals surface area contributed by atoms with Crippen LogP contribution in [0.15, 0.2) is 23.2 Å². The lowest BCUT2D eigenvalue weighted by Crippen LogP contribution is -2.42. The van der Waals surface area contributed by atoms with Crippen molar-refractivity contribution in [2.24, 2.45) is 10.7 Å². The van der Waals surface area contributed by atoms with E-state index in [-0.39, 0.29) is 0 Å². The molecule has 0 spiro atoms. The van der Waals surface area contributed by atoms with Crippen molar-refractivity contribution < 1.29 is 5.11 Å². The van der Waals surface area contributed by atoms with Crippen molar-refractivity contribution in [2.75, 3.05) is 13.1 Å². The normalized spacial score (nSPS) is 18.5. The maximum absolute atomic E-state index is 10.1. The van der Waals surface area contributed by atoms with Crippen LogP contribution in [0.1, 0.15) is 11.7 Å². The van der Waals surface area contributed by atoms with Gasteiger partial charge in [-0.15, -0.1) is 0 Å². The van der Waals surface area contributed by atoms with Crippen LogP contribution in [0.4, 0.5) is 0 Å². The fourth-order valence-corrected chi connectivity index (χ4v) is 2.00. The molecule has 0 aliphatic carbocycles. The van der Waals surface area contributed by atoms with E-state index in [0.29, 0.717) is 28.0 Å². The van der Waals surface area contributed by atoms with Gasteiger partial charge in [0.1, 0.15) is 11.9 Å². The Balaban J connectivity index is 2.18. The molecule has 4 nitrogen and oxygen atoms in total. The zero-order valence-electron chi connectivity index (χ0n) is 9.03. The number of aliphatic imine (C=N–C) groups is 1. The summed E-state index contributed by atoms with van der Waals surface area (Å²) in [4.78, 5) is 4.18. The SMILES string of the molecule is NC(C1=NCCN1)C(O)c1ccc(Cl)c(Cl)c1. The van der Waals surface area contributed by atoms with Crippen LogP contribution in [0, 0.1) is 0 Å². The average molecular weight is 274 g/mol. The van der Waals surface area contributed by atoms with Gasteiger partial charge in [-0.1, -0.05) is 29.3 Å². The molecule has 1 aliphatic rings. The van der Waals surface area contributed by atoms with Crippen LogP contribution in [-0.2, 0) is 0 Å². The molecule has 17 heavy (non-hydrogen) atoms. The molecule has 4 N–H and O–H groups in total. The molecule has 0 amide bonds. The predicted molar refractivity (Wildman–Crippen MR) is 69.7 cm³/mol. The molecule has 0 saturated carbocycles. The Morgan fingerprint density at radius 2 is 2.12 bits per heavy atom. The Labute approximate surface area is 109 Å². The number of hydrogen-bond acceptors (Lipinski definition) is 4. The second kappa shape index (κ2) is 5.23. The van der Waals surface area contributed by atoms with Gasteiger partial charge in [-0.3, -0.25) is 4.99 Å². The van der Waals surface area contributed by atoms with E-state index < -0.39 is 12.1 Å². The molecule has 2 rings (SSSR count). The van der Waals surface area contributed by atoms with Crippen LogP contribution < -0.4 is 11.1 Å². The quantitative estimate of drug-likeness (QED) is 0.779. The molecule has 1 aliphatic heterocycles. The monoisotopic (exact) mass is 273 g/mol. The van der Waals surface area contributed by atoms with Crippen molar-refractivity contribution in [3.63, 3.8) is 0 Å². The van der Waals surface area contributed by atoms with E-state index in [2.05, 4.69) is 10.3 Å². The second-order valence-corrected chi connectivity index (χ2v) is 4.65. The molecular formula is C11H13Cl2N3O. The lowest BCUT2D eigenvalue weighted by atomic mass is 10.0. The maximum Gasteiger partial charge on any atom is 0.116 e. The molecular weight excluding hydrogens is 261 g/mol. The Morgan fingerprint density at radius 1 is 1.35 bits per heavy atom. The number of benzene rings is 1. The summed E-state index contributed by atoms with van der Waals surface area (Å²) in [6.45, 7) is 1.45. The van der Waals surface area contributed by atoms with Gasteiger partial charge in [0.2, 0.25) is 0 Å². The van der Waals surface area contributed by atoms with Crippen LogP contribution >= 0.6 is 23.2 Å². The Bertz CT molecular complexity index is 450. The van der Waals surface area contributed by atoms with E-state index in [1.54, 1.807) is 18.2 Å². The zero-order valence-corrected chi connectivity index (χ0v) is 10.5. The van der Waals surface area contributed by atoms with Crippen LogP contribution in [-0.4, -0.2) is 30.1 Å². The van der Waals surface area contributed by atoms with Crippen LogP contribution in [0.2, 0.25) is 10.0 Å².